The standard InChI is InChI=1S/C20H21Cl2NO4/c1-13-5-6-14(2)17(10-13)23-19(24)12-27-20(25)4-3-9-26-18-8-7-15(21)11-16(18)22/h5-8,10-11H,3-4,9,12H2,1-2H3,(H,23,24). The lowest BCUT2D eigenvalue weighted by Crippen LogP contribution is -2.21. The maximum atomic E-state index is 11.9. The Balaban J connectivity index is 1.67. The smallest absolute Gasteiger partial charge is 0.306 e. The van der Waals surface area contributed by atoms with Gasteiger partial charge in [0, 0.05) is 17.1 Å². The van der Waals surface area contributed by atoms with Crippen LogP contribution >= 0.6 is 23.2 Å². The van der Waals surface area contributed by atoms with Gasteiger partial charge in [-0.3, -0.25) is 9.59 Å². The van der Waals surface area contributed by atoms with Crippen LogP contribution in [0.2, 0.25) is 10.0 Å². The molecular weight excluding hydrogens is 389 g/mol. The monoisotopic (exact) mass is 409 g/mol. The third kappa shape index (κ3) is 7.12. The van der Waals surface area contributed by atoms with Crippen molar-refractivity contribution in [2.75, 3.05) is 18.5 Å². The molecule has 144 valence electrons. The normalized spacial score (nSPS) is 10.4. The molecule has 27 heavy (non-hydrogen) atoms. The van der Waals surface area contributed by atoms with E-state index in [0.717, 1.165) is 11.1 Å². The Morgan fingerprint density at radius 3 is 2.59 bits per heavy atom. The number of benzene rings is 2. The van der Waals surface area contributed by atoms with Gasteiger partial charge in [-0.05, 0) is 55.7 Å². The predicted molar refractivity (Wildman–Crippen MR) is 107 cm³/mol. The molecule has 5 nitrogen and oxygen atoms in total. The molecule has 7 heteroatoms. The summed E-state index contributed by atoms with van der Waals surface area (Å²) >= 11 is 11.8. The second kappa shape index (κ2) is 10.2. The second-order valence-corrected chi connectivity index (χ2v) is 6.90. The van der Waals surface area contributed by atoms with Crippen LogP contribution in [0.15, 0.2) is 36.4 Å². The highest BCUT2D eigenvalue weighted by Crippen LogP contribution is 2.27. The van der Waals surface area contributed by atoms with Gasteiger partial charge < -0.3 is 14.8 Å². The topological polar surface area (TPSA) is 64.6 Å². The SMILES string of the molecule is Cc1ccc(C)c(NC(=O)COC(=O)CCCOc2ccc(Cl)cc2Cl)c1. The number of amides is 1. The fourth-order valence-corrected chi connectivity index (χ4v) is 2.73. The molecule has 0 aliphatic heterocycles. The van der Waals surface area contributed by atoms with E-state index in [0.29, 0.717) is 34.5 Å². The third-order valence-corrected chi connectivity index (χ3v) is 4.24. The van der Waals surface area contributed by atoms with E-state index in [-0.39, 0.29) is 18.9 Å². The summed E-state index contributed by atoms with van der Waals surface area (Å²) in [7, 11) is 0. The molecule has 1 amide bonds. The first kappa shape index (κ1) is 21.1. The Bertz CT molecular complexity index is 824. The maximum Gasteiger partial charge on any atom is 0.306 e. The highest BCUT2D eigenvalue weighted by atomic mass is 35.5. The van der Waals surface area contributed by atoms with E-state index in [1.807, 2.05) is 32.0 Å². The quantitative estimate of drug-likeness (QED) is 0.494. The van der Waals surface area contributed by atoms with Crippen LogP contribution in [-0.2, 0) is 14.3 Å². The zero-order valence-electron chi connectivity index (χ0n) is 15.2. The van der Waals surface area contributed by atoms with Crippen molar-refractivity contribution in [2.45, 2.75) is 26.7 Å². The number of aryl methyl sites for hydroxylation is 2. The van der Waals surface area contributed by atoms with Gasteiger partial charge in [-0.25, -0.2) is 0 Å². The molecule has 0 bridgehead atoms. The number of hydrogen-bond donors (Lipinski definition) is 1. The van der Waals surface area contributed by atoms with E-state index in [2.05, 4.69) is 5.32 Å². The lowest BCUT2D eigenvalue weighted by molar-refractivity contribution is -0.147. The summed E-state index contributed by atoms with van der Waals surface area (Å²) in [5.41, 5.74) is 2.69. The van der Waals surface area contributed by atoms with Gasteiger partial charge in [-0.1, -0.05) is 35.3 Å². The average Bonchev–Trinajstić information content (AvgIpc) is 2.61. The van der Waals surface area contributed by atoms with Gasteiger partial charge in [0.25, 0.3) is 5.91 Å². The van der Waals surface area contributed by atoms with Crippen molar-refractivity contribution in [2.24, 2.45) is 0 Å². The van der Waals surface area contributed by atoms with Crippen molar-refractivity contribution in [1.29, 1.82) is 0 Å². The second-order valence-electron chi connectivity index (χ2n) is 6.05. The first-order valence-electron chi connectivity index (χ1n) is 8.45. The average molecular weight is 410 g/mol. The number of hydrogen-bond acceptors (Lipinski definition) is 4. The minimum Gasteiger partial charge on any atom is -0.492 e. The van der Waals surface area contributed by atoms with Crippen LogP contribution in [0.3, 0.4) is 0 Å². The van der Waals surface area contributed by atoms with Crippen LogP contribution in [0.25, 0.3) is 0 Å². The van der Waals surface area contributed by atoms with Gasteiger partial charge in [0.15, 0.2) is 6.61 Å². The Kier molecular flexibility index (Phi) is 7.95. The van der Waals surface area contributed by atoms with Crippen molar-refractivity contribution < 1.29 is 19.1 Å². The Morgan fingerprint density at radius 1 is 1.07 bits per heavy atom. The molecule has 0 radical (unpaired) electrons. The zero-order chi connectivity index (χ0) is 19.8. The van der Waals surface area contributed by atoms with Crippen LogP contribution in [0.1, 0.15) is 24.0 Å². The maximum absolute atomic E-state index is 11.9. The number of carbonyl (C=O) groups excluding carboxylic acids is 2. The van der Waals surface area contributed by atoms with Gasteiger partial charge in [0.05, 0.1) is 11.6 Å². The number of halogens is 2. The molecular formula is C20H21Cl2NO4. The summed E-state index contributed by atoms with van der Waals surface area (Å²) in [6, 6.07) is 10.7. The van der Waals surface area contributed by atoms with E-state index >= 15 is 0 Å². The van der Waals surface area contributed by atoms with Crippen molar-refractivity contribution in [1.82, 2.24) is 0 Å². The number of carbonyl (C=O) groups is 2. The molecule has 0 saturated heterocycles. The van der Waals surface area contributed by atoms with Crippen molar-refractivity contribution >= 4 is 40.8 Å². The summed E-state index contributed by atoms with van der Waals surface area (Å²) in [6.45, 7) is 3.81. The first-order valence-corrected chi connectivity index (χ1v) is 9.21. The Hall–Kier alpha value is -2.24. The van der Waals surface area contributed by atoms with E-state index in [9.17, 15) is 9.59 Å². The number of anilines is 1. The zero-order valence-corrected chi connectivity index (χ0v) is 16.7. The largest absolute Gasteiger partial charge is 0.492 e. The lowest BCUT2D eigenvalue weighted by atomic mass is 10.1. The summed E-state index contributed by atoms with van der Waals surface area (Å²) < 4.78 is 10.5. The summed E-state index contributed by atoms with van der Waals surface area (Å²) in [5.74, 6) is -0.333. The fourth-order valence-electron chi connectivity index (χ4n) is 2.27. The number of esters is 1. The minimum absolute atomic E-state index is 0.141. The third-order valence-electron chi connectivity index (χ3n) is 3.71. The summed E-state index contributed by atoms with van der Waals surface area (Å²) in [6.07, 6.45) is 0.582. The molecule has 0 aliphatic carbocycles. The van der Waals surface area contributed by atoms with Gasteiger partial charge in [0.2, 0.25) is 0 Å². The molecule has 0 fully saturated rings. The van der Waals surface area contributed by atoms with Gasteiger partial charge >= 0.3 is 5.97 Å². The van der Waals surface area contributed by atoms with Gasteiger partial charge in [0.1, 0.15) is 5.75 Å². The van der Waals surface area contributed by atoms with E-state index in [1.54, 1.807) is 18.2 Å². The van der Waals surface area contributed by atoms with Crippen molar-refractivity contribution in [3.8, 4) is 5.75 Å². The summed E-state index contributed by atoms with van der Waals surface area (Å²) in [4.78, 5) is 23.7. The molecule has 2 aromatic rings. The number of ether oxygens (including phenoxy) is 2. The molecule has 2 rings (SSSR count). The van der Waals surface area contributed by atoms with Crippen molar-refractivity contribution in [3.63, 3.8) is 0 Å². The van der Waals surface area contributed by atoms with Crippen LogP contribution in [0.4, 0.5) is 5.69 Å². The van der Waals surface area contributed by atoms with Crippen LogP contribution in [0, 0.1) is 13.8 Å². The van der Waals surface area contributed by atoms with Crippen LogP contribution < -0.4 is 10.1 Å². The Morgan fingerprint density at radius 2 is 1.85 bits per heavy atom. The summed E-state index contributed by atoms with van der Waals surface area (Å²) in [5, 5.41) is 3.67. The molecule has 0 atom stereocenters. The van der Waals surface area contributed by atoms with Crippen LogP contribution in [0.5, 0.6) is 5.75 Å². The Labute approximate surface area is 168 Å². The number of nitrogens with one attached hydrogen (secondary N) is 1. The van der Waals surface area contributed by atoms with Crippen LogP contribution in [-0.4, -0.2) is 25.1 Å². The highest BCUT2D eigenvalue weighted by Gasteiger charge is 2.10. The molecule has 2 aromatic carbocycles. The molecule has 1 N–H and O–H groups in total. The molecule has 0 aliphatic rings. The molecule has 0 heterocycles. The molecule has 0 aromatic heterocycles. The minimum atomic E-state index is -0.461. The van der Waals surface area contributed by atoms with Crippen molar-refractivity contribution in [3.05, 3.63) is 57.6 Å². The molecule has 0 unspecified atom stereocenters. The number of rotatable bonds is 8. The first-order chi connectivity index (χ1) is 12.8. The van der Waals surface area contributed by atoms with Gasteiger partial charge in [-0.2, -0.15) is 0 Å². The molecule has 0 spiro atoms. The van der Waals surface area contributed by atoms with E-state index < -0.39 is 5.97 Å². The van der Waals surface area contributed by atoms with Gasteiger partial charge in [-0.15, -0.1) is 0 Å². The van der Waals surface area contributed by atoms with E-state index in [4.69, 9.17) is 32.7 Å². The molecule has 0 saturated carbocycles. The predicted octanol–water partition coefficient (Wildman–Crippen LogP) is 4.95. The highest BCUT2D eigenvalue weighted by molar-refractivity contribution is 6.35. The van der Waals surface area contributed by atoms with E-state index in [1.165, 1.54) is 0 Å². The fraction of sp³-hybridized carbons (Fsp3) is 0.300. The lowest BCUT2D eigenvalue weighted by Gasteiger charge is -2.10.